The highest BCUT2D eigenvalue weighted by Gasteiger charge is 2.23. The maximum atomic E-state index is 11.3. The first kappa shape index (κ1) is 14.1. The number of fused-ring (bicyclic) bond motifs is 1. The molecule has 2 heterocycles. The number of piperidine rings is 1. The molecule has 0 spiro atoms. The Hall–Kier alpha value is -1.81. The minimum atomic E-state index is 0.179. The van der Waals surface area contributed by atoms with E-state index >= 15 is 0 Å². The van der Waals surface area contributed by atoms with Crippen LogP contribution in [0.4, 0.5) is 0 Å². The molecule has 1 unspecified atom stereocenters. The number of rotatable bonds is 3. The number of hydrogen-bond donors (Lipinski definition) is 1. The third-order valence-electron chi connectivity index (χ3n) is 4.30. The number of amides is 1. The first-order chi connectivity index (χ1) is 10.1. The smallest absolute Gasteiger partial charge is 0.219 e. The first-order valence-electron chi connectivity index (χ1n) is 7.63. The molecule has 3 rings (SSSR count). The van der Waals surface area contributed by atoms with Crippen molar-refractivity contribution < 1.29 is 9.21 Å². The molecule has 1 aromatic carbocycles. The van der Waals surface area contributed by atoms with Crippen LogP contribution in [0.15, 0.2) is 34.7 Å². The van der Waals surface area contributed by atoms with E-state index in [-0.39, 0.29) is 11.9 Å². The lowest BCUT2D eigenvalue weighted by Gasteiger charge is -2.33. The van der Waals surface area contributed by atoms with Crippen molar-refractivity contribution in [1.29, 1.82) is 0 Å². The molecule has 1 aliphatic heterocycles. The molecule has 21 heavy (non-hydrogen) atoms. The summed E-state index contributed by atoms with van der Waals surface area (Å²) in [6.07, 6.45) is 2.01. The van der Waals surface area contributed by atoms with E-state index in [0.717, 1.165) is 42.7 Å². The van der Waals surface area contributed by atoms with Crippen LogP contribution in [-0.2, 0) is 4.79 Å². The number of para-hydroxylation sites is 1. The number of furan rings is 1. The molecule has 0 bridgehead atoms. The van der Waals surface area contributed by atoms with Crippen LogP contribution < -0.4 is 5.32 Å². The number of nitrogens with one attached hydrogen (secondary N) is 1. The predicted octanol–water partition coefficient (Wildman–Crippen LogP) is 3.09. The zero-order chi connectivity index (χ0) is 14.8. The molecule has 0 aliphatic carbocycles. The van der Waals surface area contributed by atoms with Crippen molar-refractivity contribution in [2.24, 2.45) is 0 Å². The molecule has 1 saturated heterocycles. The van der Waals surface area contributed by atoms with E-state index in [4.69, 9.17) is 4.42 Å². The minimum Gasteiger partial charge on any atom is -0.459 e. The zero-order valence-corrected chi connectivity index (χ0v) is 12.6. The Balaban J connectivity index is 1.61. The van der Waals surface area contributed by atoms with E-state index in [1.54, 1.807) is 6.92 Å². The lowest BCUT2D eigenvalue weighted by atomic mass is 10.0. The van der Waals surface area contributed by atoms with E-state index in [1.807, 2.05) is 23.1 Å². The summed E-state index contributed by atoms with van der Waals surface area (Å²) in [5.41, 5.74) is 0.938. The second kappa shape index (κ2) is 5.90. The number of carbonyl (C=O) groups is 1. The van der Waals surface area contributed by atoms with Gasteiger partial charge in [-0.3, -0.25) is 4.79 Å². The third-order valence-corrected chi connectivity index (χ3v) is 4.30. The SMILES string of the molecule is CC(=O)N1CCC(NC(C)c2cc3ccccc3o2)CC1. The van der Waals surface area contributed by atoms with Gasteiger partial charge in [0.2, 0.25) is 5.91 Å². The number of carbonyl (C=O) groups excluding carboxylic acids is 1. The molecule has 4 heteroatoms. The third kappa shape index (κ3) is 3.10. The first-order valence-corrected chi connectivity index (χ1v) is 7.63. The van der Waals surface area contributed by atoms with Gasteiger partial charge in [0.15, 0.2) is 0 Å². The molecule has 1 aromatic heterocycles. The molecular formula is C17H22N2O2. The van der Waals surface area contributed by atoms with Crippen LogP contribution in [0, 0.1) is 0 Å². The summed E-state index contributed by atoms with van der Waals surface area (Å²) in [4.78, 5) is 13.3. The largest absolute Gasteiger partial charge is 0.459 e. The maximum absolute atomic E-state index is 11.3. The molecule has 4 nitrogen and oxygen atoms in total. The molecule has 1 atom stereocenters. The minimum absolute atomic E-state index is 0.179. The van der Waals surface area contributed by atoms with Gasteiger partial charge in [0.25, 0.3) is 0 Å². The number of nitrogens with zero attached hydrogens (tertiary/aromatic N) is 1. The van der Waals surface area contributed by atoms with Crippen LogP contribution in [0.25, 0.3) is 11.0 Å². The van der Waals surface area contributed by atoms with Crippen molar-refractivity contribution in [1.82, 2.24) is 10.2 Å². The normalized spacial score (nSPS) is 18.1. The van der Waals surface area contributed by atoms with Gasteiger partial charge in [-0.25, -0.2) is 0 Å². The summed E-state index contributed by atoms with van der Waals surface area (Å²) < 4.78 is 5.90. The molecular weight excluding hydrogens is 264 g/mol. The van der Waals surface area contributed by atoms with E-state index in [2.05, 4.69) is 24.4 Å². The van der Waals surface area contributed by atoms with E-state index in [0.29, 0.717) is 6.04 Å². The monoisotopic (exact) mass is 286 g/mol. The van der Waals surface area contributed by atoms with Crippen molar-refractivity contribution in [3.63, 3.8) is 0 Å². The summed E-state index contributed by atoms with van der Waals surface area (Å²) in [6.45, 7) is 5.47. The Morgan fingerprint density at radius 3 is 2.71 bits per heavy atom. The van der Waals surface area contributed by atoms with Crippen LogP contribution >= 0.6 is 0 Å². The Morgan fingerprint density at radius 2 is 2.05 bits per heavy atom. The fraction of sp³-hybridized carbons (Fsp3) is 0.471. The second-order valence-electron chi connectivity index (χ2n) is 5.86. The molecule has 1 amide bonds. The summed E-state index contributed by atoms with van der Waals surface area (Å²) in [6, 6.07) is 10.8. The number of hydrogen-bond acceptors (Lipinski definition) is 3. The van der Waals surface area contributed by atoms with Gasteiger partial charge in [-0.15, -0.1) is 0 Å². The van der Waals surface area contributed by atoms with Crippen LogP contribution in [0.5, 0.6) is 0 Å². The van der Waals surface area contributed by atoms with Crippen LogP contribution in [0.2, 0.25) is 0 Å². The van der Waals surface area contributed by atoms with Gasteiger partial charge in [0, 0.05) is 31.4 Å². The van der Waals surface area contributed by atoms with Crippen LogP contribution in [0.1, 0.15) is 38.5 Å². The Labute approximate surface area is 125 Å². The van der Waals surface area contributed by atoms with Crippen molar-refractivity contribution in [2.45, 2.75) is 38.8 Å². The maximum Gasteiger partial charge on any atom is 0.219 e. The summed E-state index contributed by atoms with van der Waals surface area (Å²) >= 11 is 0. The fourth-order valence-electron chi connectivity index (χ4n) is 3.01. The Kier molecular flexibility index (Phi) is 3.97. The highest BCUT2D eigenvalue weighted by atomic mass is 16.3. The summed E-state index contributed by atoms with van der Waals surface area (Å²) in [5, 5.41) is 4.77. The van der Waals surface area contributed by atoms with Gasteiger partial charge in [-0.1, -0.05) is 18.2 Å². The average molecular weight is 286 g/mol. The van der Waals surface area contributed by atoms with Crippen LogP contribution in [0.3, 0.4) is 0 Å². The summed E-state index contributed by atoms with van der Waals surface area (Å²) in [5.74, 6) is 1.16. The van der Waals surface area contributed by atoms with Gasteiger partial charge in [-0.2, -0.15) is 0 Å². The van der Waals surface area contributed by atoms with Gasteiger partial charge in [0.05, 0.1) is 6.04 Å². The molecule has 112 valence electrons. The molecule has 2 aromatic rings. The second-order valence-corrected chi connectivity index (χ2v) is 5.86. The molecule has 0 saturated carbocycles. The lowest BCUT2D eigenvalue weighted by molar-refractivity contribution is -0.129. The Bertz CT molecular complexity index is 594. The fourth-order valence-corrected chi connectivity index (χ4v) is 3.01. The van der Waals surface area contributed by atoms with Gasteiger partial charge in [0.1, 0.15) is 11.3 Å². The zero-order valence-electron chi connectivity index (χ0n) is 12.6. The van der Waals surface area contributed by atoms with Crippen LogP contribution in [-0.4, -0.2) is 29.9 Å². The van der Waals surface area contributed by atoms with Crippen molar-refractivity contribution in [2.75, 3.05) is 13.1 Å². The number of benzene rings is 1. The highest BCUT2D eigenvalue weighted by Crippen LogP contribution is 2.24. The van der Waals surface area contributed by atoms with E-state index in [1.165, 1.54) is 0 Å². The lowest BCUT2D eigenvalue weighted by Crippen LogP contribution is -2.44. The van der Waals surface area contributed by atoms with E-state index in [9.17, 15) is 4.79 Å². The summed E-state index contributed by atoms with van der Waals surface area (Å²) in [7, 11) is 0. The predicted molar refractivity (Wildman–Crippen MR) is 83.0 cm³/mol. The molecule has 1 fully saturated rings. The standard InChI is InChI=1S/C17H22N2O2/c1-12(17-11-14-5-3-4-6-16(14)21-17)18-15-7-9-19(10-8-15)13(2)20/h3-6,11-12,15,18H,7-10H2,1-2H3. The highest BCUT2D eigenvalue weighted by molar-refractivity contribution is 5.77. The number of likely N-dealkylation sites (tertiary alicyclic amines) is 1. The quantitative estimate of drug-likeness (QED) is 0.943. The molecule has 1 N–H and O–H groups in total. The van der Waals surface area contributed by atoms with Gasteiger partial charge in [-0.05, 0) is 31.9 Å². The van der Waals surface area contributed by atoms with E-state index < -0.39 is 0 Å². The van der Waals surface area contributed by atoms with Crippen molar-refractivity contribution in [3.8, 4) is 0 Å². The average Bonchev–Trinajstić information content (AvgIpc) is 2.92. The van der Waals surface area contributed by atoms with Gasteiger partial charge < -0.3 is 14.6 Å². The van der Waals surface area contributed by atoms with Crippen molar-refractivity contribution >= 4 is 16.9 Å². The Morgan fingerprint density at radius 1 is 1.33 bits per heavy atom. The molecule has 1 aliphatic rings. The van der Waals surface area contributed by atoms with Crippen molar-refractivity contribution in [3.05, 3.63) is 36.1 Å². The topological polar surface area (TPSA) is 45.5 Å². The molecule has 0 radical (unpaired) electrons. The van der Waals surface area contributed by atoms with Gasteiger partial charge >= 0.3 is 0 Å².